The minimum absolute atomic E-state index is 0.810. The van der Waals surface area contributed by atoms with Crippen LogP contribution in [0.1, 0.15) is 17.1 Å². The maximum Gasteiger partial charge on any atom is 0.103 e. The van der Waals surface area contributed by atoms with Gasteiger partial charge in [-0.05, 0) is 20.9 Å². The molecule has 0 radical (unpaired) electrons. The number of aromatic nitrogens is 2. The van der Waals surface area contributed by atoms with Gasteiger partial charge in [0.25, 0.3) is 0 Å². The van der Waals surface area contributed by atoms with Crippen molar-refractivity contribution in [2.45, 2.75) is 20.4 Å². The van der Waals surface area contributed by atoms with Crippen LogP contribution in [-0.2, 0) is 6.54 Å². The number of benzene rings is 1. The molecule has 2 rings (SSSR count). The molecule has 0 aliphatic heterocycles. The summed E-state index contributed by atoms with van der Waals surface area (Å²) in [4.78, 5) is 7.82. The molecular weight excluding hydrogens is 198 g/mol. The van der Waals surface area contributed by atoms with E-state index in [0.29, 0.717) is 0 Å². The van der Waals surface area contributed by atoms with Crippen LogP contribution >= 0.6 is 0 Å². The second-order valence-electron chi connectivity index (χ2n) is 4.05. The second kappa shape index (κ2) is 4.49. The zero-order valence-electron chi connectivity index (χ0n) is 9.96. The number of rotatable bonds is 3. The van der Waals surface area contributed by atoms with Crippen molar-refractivity contribution < 1.29 is 0 Å². The topological polar surface area (TPSA) is 40.7 Å². The largest absolute Gasteiger partial charge is 0.345 e. The summed E-state index contributed by atoms with van der Waals surface area (Å²) in [5, 5.41) is 3.15. The third kappa shape index (κ3) is 2.14. The first-order chi connectivity index (χ1) is 7.70. The molecule has 16 heavy (non-hydrogen) atoms. The lowest BCUT2D eigenvalue weighted by atomic mass is 10.1. The van der Waals surface area contributed by atoms with E-state index in [0.717, 1.165) is 23.8 Å². The van der Waals surface area contributed by atoms with Gasteiger partial charge in [0, 0.05) is 12.1 Å². The van der Waals surface area contributed by atoms with Crippen LogP contribution in [0, 0.1) is 13.8 Å². The number of nitrogens with zero attached hydrogens (tertiary/aromatic N) is 1. The van der Waals surface area contributed by atoms with Gasteiger partial charge >= 0.3 is 0 Å². The van der Waals surface area contributed by atoms with E-state index >= 15 is 0 Å². The van der Waals surface area contributed by atoms with Gasteiger partial charge in [-0.3, -0.25) is 0 Å². The lowest BCUT2D eigenvalue weighted by molar-refractivity contribution is 0.796. The monoisotopic (exact) mass is 215 g/mol. The Morgan fingerprint density at radius 2 is 1.88 bits per heavy atom. The summed E-state index contributed by atoms with van der Waals surface area (Å²) in [6, 6.07) is 8.46. The lowest BCUT2D eigenvalue weighted by Crippen LogP contribution is -2.06. The molecule has 3 nitrogen and oxygen atoms in total. The predicted molar refractivity (Wildman–Crippen MR) is 66.3 cm³/mol. The van der Waals surface area contributed by atoms with E-state index in [2.05, 4.69) is 46.5 Å². The summed E-state index contributed by atoms with van der Waals surface area (Å²) in [6.45, 7) is 4.88. The molecule has 0 atom stereocenters. The highest BCUT2D eigenvalue weighted by Gasteiger charge is 2.09. The number of imidazole rings is 1. The van der Waals surface area contributed by atoms with Crippen LogP contribution in [0.25, 0.3) is 11.3 Å². The number of aromatic amines is 1. The first kappa shape index (κ1) is 10.9. The van der Waals surface area contributed by atoms with E-state index in [1.807, 2.05) is 14.0 Å². The molecule has 0 aliphatic carbocycles. The third-order valence-electron chi connectivity index (χ3n) is 2.58. The van der Waals surface area contributed by atoms with Crippen LogP contribution < -0.4 is 5.32 Å². The van der Waals surface area contributed by atoms with Crippen molar-refractivity contribution in [3.63, 3.8) is 0 Å². The molecule has 84 valence electrons. The number of nitrogens with one attached hydrogen (secondary N) is 2. The Balaban J connectivity index is 2.42. The maximum atomic E-state index is 4.53. The molecule has 0 spiro atoms. The Labute approximate surface area is 95.9 Å². The van der Waals surface area contributed by atoms with Gasteiger partial charge in [-0.1, -0.05) is 29.8 Å². The maximum absolute atomic E-state index is 4.53. The fourth-order valence-corrected chi connectivity index (χ4v) is 1.80. The summed E-state index contributed by atoms with van der Waals surface area (Å²) in [5.41, 5.74) is 4.63. The van der Waals surface area contributed by atoms with Gasteiger partial charge in [0.2, 0.25) is 0 Å². The fourth-order valence-electron chi connectivity index (χ4n) is 1.80. The van der Waals surface area contributed by atoms with Gasteiger partial charge in [-0.15, -0.1) is 0 Å². The SMILES string of the molecule is CNCc1[nH]c(C)nc1-c1ccc(C)cc1. The van der Waals surface area contributed by atoms with Crippen molar-refractivity contribution in [1.82, 2.24) is 15.3 Å². The van der Waals surface area contributed by atoms with Gasteiger partial charge in [-0.25, -0.2) is 4.98 Å². The highest BCUT2D eigenvalue weighted by atomic mass is 15.0. The minimum Gasteiger partial charge on any atom is -0.345 e. The summed E-state index contributed by atoms with van der Waals surface area (Å²) in [5.74, 6) is 0.959. The van der Waals surface area contributed by atoms with E-state index in [-0.39, 0.29) is 0 Å². The van der Waals surface area contributed by atoms with Crippen molar-refractivity contribution in [2.75, 3.05) is 7.05 Å². The first-order valence-corrected chi connectivity index (χ1v) is 5.48. The highest BCUT2D eigenvalue weighted by molar-refractivity contribution is 5.62. The Kier molecular flexibility index (Phi) is 3.06. The van der Waals surface area contributed by atoms with Crippen molar-refractivity contribution in [1.29, 1.82) is 0 Å². The van der Waals surface area contributed by atoms with Crippen LogP contribution in [0.4, 0.5) is 0 Å². The first-order valence-electron chi connectivity index (χ1n) is 5.48. The van der Waals surface area contributed by atoms with E-state index < -0.39 is 0 Å². The molecule has 0 saturated heterocycles. The molecule has 0 aliphatic rings. The molecule has 2 aromatic rings. The summed E-state index contributed by atoms with van der Waals surface area (Å²) < 4.78 is 0. The average molecular weight is 215 g/mol. The van der Waals surface area contributed by atoms with E-state index in [1.54, 1.807) is 0 Å². The second-order valence-corrected chi connectivity index (χ2v) is 4.05. The summed E-state index contributed by atoms with van der Waals surface area (Å²) >= 11 is 0. The van der Waals surface area contributed by atoms with Crippen LogP contribution in [0.15, 0.2) is 24.3 Å². The molecule has 0 amide bonds. The molecule has 0 bridgehead atoms. The Bertz CT molecular complexity index is 468. The summed E-state index contributed by atoms with van der Waals surface area (Å²) in [6.07, 6.45) is 0. The molecule has 3 heteroatoms. The fraction of sp³-hybridized carbons (Fsp3) is 0.308. The average Bonchev–Trinajstić information content (AvgIpc) is 2.61. The van der Waals surface area contributed by atoms with Crippen LogP contribution in [0.2, 0.25) is 0 Å². The molecule has 0 saturated carbocycles. The van der Waals surface area contributed by atoms with E-state index in [4.69, 9.17) is 0 Å². The number of H-pyrrole nitrogens is 1. The van der Waals surface area contributed by atoms with Gasteiger partial charge in [0.15, 0.2) is 0 Å². The Hall–Kier alpha value is -1.61. The van der Waals surface area contributed by atoms with Gasteiger partial charge in [0.1, 0.15) is 5.82 Å². The van der Waals surface area contributed by atoms with E-state index in [1.165, 1.54) is 11.1 Å². The van der Waals surface area contributed by atoms with Crippen molar-refractivity contribution in [3.05, 3.63) is 41.3 Å². The Morgan fingerprint density at radius 1 is 1.19 bits per heavy atom. The van der Waals surface area contributed by atoms with Gasteiger partial charge in [0.05, 0.1) is 11.4 Å². The van der Waals surface area contributed by atoms with Gasteiger partial charge in [-0.2, -0.15) is 0 Å². The minimum atomic E-state index is 0.810. The van der Waals surface area contributed by atoms with Crippen molar-refractivity contribution in [3.8, 4) is 11.3 Å². The third-order valence-corrected chi connectivity index (χ3v) is 2.58. The Morgan fingerprint density at radius 3 is 2.50 bits per heavy atom. The molecular formula is C13H17N3. The molecule has 0 unspecified atom stereocenters. The summed E-state index contributed by atoms with van der Waals surface area (Å²) in [7, 11) is 1.94. The zero-order valence-corrected chi connectivity index (χ0v) is 9.96. The number of aryl methyl sites for hydroxylation is 2. The van der Waals surface area contributed by atoms with Crippen LogP contribution in [0.3, 0.4) is 0 Å². The predicted octanol–water partition coefficient (Wildman–Crippen LogP) is 2.41. The lowest BCUT2D eigenvalue weighted by Gasteiger charge is -2.02. The van der Waals surface area contributed by atoms with Gasteiger partial charge < -0.3 is 10.3 Å². The smallest absolute Gasteiger partial charge is 0.103 e. The quantitative estimate of drug-likeness (QED) is 0.825. The molecule has 1 aromatic heterocycles. The van der Waals surface area contributed by atoms with Crippen LogP contribution in [-0.4, -0.2) is 17.0 Å². The zero-order chi connectivity index (χ0) is 11.5. The van der Waals surface area contributed by atoms with Crippen molar-refractivity contribution in [2.24, 2.45) is 0 Å². The number of hydrogen-bond acceptors (Lipinski definition) is 2. The highest BCUT2D eigenvalue weighted by Crippen LogP contribution is 2.21. The number of hydrogen-bond donors (Lipinski definition) is 2. The normalized spacial score (nSPS) is 10.7. The van der Waals surface area contributed by atoms with Crippen LogP contribution in [0.5, 0.6) is 0 Å². The molecule has 0 fully saturated rings. The van der Waals surface area contributed by atoms with Crippen molar-refractivity contribution >= 4 is 0 Å². The molecule has 1 aromatic carbocycles. The van der Waals surface area contributed by atoms with E-state index in [9.17, 15) is 0 Å². The standard InChI is InChI=1S/C13H17N3/c1-9-4-6-11(7-5-9)13-12(8-14-3)15-10(2)16-13/h4-7,14H,8H2,1-3H3,(H,15,16). The molecule has 1 heterocycles. The molecule has 2 N–H and O–H groups in total.